The van der Waals surface area contributed by atoms with E-state index in [-0.39, 0.29) is 0 Å². The SMILES string of the molecule is CN1C=CCN(C)[P+]1=O. The van der Waals surface area contributed by atoms with Gasteiger partial charge in [0.1, 0.15) is 0 Å². The summed E-state index contributed by atoms with van der Waals surface area (Å²) in [5.41, 5.74) is 0. The molecule has 0 bridgehead atoms. The predicted molar refractivity (Wildman–Crippen MR) is 37.1 cm³/mol. The van der Waals surface area contributed by atoms with E-state index in [9.17, 15) is 4.57 Å². The third kappa shape index (κ3) is 1.29. The van der Waals surface area contributed by atoms with Crippen LogP contribution >= 0.6 is 8.10 Å². The van der Waals surface area contributed by atoms with Crippen molar-refractivity contribution in [1.82, 2.24) is 9.34 Å². The second kappa shape index (κ2) is 2.46. The number of likely N-dealkylation sites (N-methyl/N-ethyl adjacent to an activating group) is 1. The first kappa shape index (κ1) is 6.72. The highest BCUT2D eigenvalue weighted by molar-refractivity contribution is 7.39. The Hall–Kier alpha value is -0.400. The summed E-state index contributed by atoms with van der Waals surface area (Å²) < 4.78 is 14.6. The lowest BCUT2D eigenvalue weighted by molar-refractivity contribution is 0.456. The van der Waals surface area contributed by atoms with Crippen molar-refractivity contribution < 1.29 is 4.57 Å². The predicted octanol–water partition coefficient (Wildman–Crippen LogP) is 1.03. The lowest BCUT2D eigenvalue weighted by Crippen LogP contribution is -2.20. The van der Waals surface area contributed by atoms with Crippen molar-refractivity contribution in [2.45, 2.75) is 0 Å². The van der Waals surface area contributed by atoms with Gasteiger partial charge in [-0.2, -0.15) is 4.67 Å². The van der Waals surface area contributed by atoms with E-state index in [0.29, 0.717) is 0 Å². The fraction of sp³-hybridized carbons (Fsp3) is 0.600. The van der Waals surface area contributed by atoms with E-state index in [1.807, 2.05) is 26.4 Å². The molecule has 0 spiro atoms. The summed E-state index contributed by atoms with van der Waals surface area (Å²) in [6.07, 6.45) is 3.83. The number of hydrogen-bond acceptors (Lipinski definition) is 1. The molecule has 4 heteroatoms. The van der Waals surface area contributed by atoms with E-state index in [1.54, 1.807) is 9.34 Å². The molecule has 1 unspecified atom stereocenters. The quantitative estimate of drug-likeness (QED) is 0.476. The van der Waals surface area contributed by atoms with Gasteiger partial charge in [-0.25, -0.2) is 0 Å². The Morgan fingerprint density at radius 3 is 2.67 bits per heavy atom. The Bertz CT molecular complexity index is 157. The highest BCUT2D eigenvalue weighted by Crippen LogP contribution is 2.31. The molecule has 0 aromatic rings. The normalized spacial score (nSPS) is 25.1. The van der Waals surface area contributed by atoms with Gasteiger partial charge in [0.15, 0.2) is 0 Å². The van der Waals surface area contributed by atoms with Crippen LogP contribution in [0.1, 0.15) is 0 Å². The van der Waals surface area contributed by atoms with Crippen molar-refractivity contribution in [3.05, 3.63) is 12.3 Å². The van der Waals surface area contributed by atoms with Gasteiger partial charge in [-0.1, -0.05) is 4.67 Å². The molecule has 1 aliphatic rings. The topological polar surface area (TPSA) is 23.6 Å². The van der Waals surface area contributed by atoms with Crippen LogP contribution in [0, 0.1) is 0 Å². The van der Waals surface area contributed by atoms with E-state index < -0.39 is 8.10 Å². The lowest BCUT2D eigenvalue weighted by atomic mass is 10.6. The maximum Gasteiger partial charge on any atom is 0.565 e. The minimum atomic E-state index is -1.28. The van der Waals surface area contributed by atoms with Crippen molar-refractivity contribution in [3.63, 3.8) is 0 Å². The second-order valence-electron chi connectivity index (χ2n) is 2.05. The van der Waals surface area contributed by atoms with Crippen LogP contribution in [0.2, 0.25) is 0 Å². The molecule has 0 N–H and O–H groups in total. The molecule has 0 aliphatic carbocycles. The smallest absolute Gasteiger partial charge is 0.160 e. The van der Waals surface area contributed by atoms with Gasteiger partial charge in [-0.15, -0.1) is 0 Å². The molecule has 50 valence electrons. The van der Waals surface area contributed by atoms with Crippen molar-refractivity contribution in [3.8, 4) is 0 Å². The zero-order chi connectivity index (χ0) is 6.85. The summed E-state index contributed by atoms with van der Waals surface area (Å²) in [6, 6.07) is 0. The van der Waals surface area contributed by atoms with Gasteiger partial charge in [0, 0.05) is 13.2 Å². The Kier molecular flexibility index (Phi) is 1.84. The second-order valence-corrected chi connectivity index (χ2v) is 3.87. The van der Waals surface area contributed by atoms with Gasteiger partial charge >= 0.3 is 8.10 Å². The van der Waals surface area contributed by atoms with Gasteiger partial charge in [-0.05, 0) is 10.6 Å². The zero-order valence-electron chi connectivity index (χ0n) is 5.61. The molecule has 3 nitrogen and oxygen atoms in total. The molecule has 1 heterocycles. The lowest BCUT2D eigenvalue weighted by Gasteiger charge is -2.10. The minimum absolute atomic E-state index is 0.791. The maximum atomic E-state index is 11.1. The average Bonchev–Trinajstić information content (AvgIpc) is 1.83. The summed E-state index contributed by atoms with van der Waals surface area (Å²) in [7, 11) is 2.37. The summed E-state index contributed by atoms with van der Waals surface area (Å²) >= 11 is 0. The maximum absolute atomic E-state index is 11.1. The Morgan fingerprint density at radius 1 is 1.56 bits per heavy atom. The summed E-state index contributed by atoms with van der Waals surface area (Å²) in [5.74, 6) is 0. The van der Waals surface area contributed by atoms with Crippen LogP contribution in [0.25, 0.3) is 0 Å². The van der Waals surface area contributed by atoms with E-state index in [0.717, 1.165) is 6.54 Å². The molecule has 1 aliphatic heterocycles. The largest absolute Gasteiger partial charge is 0.565 e. The van der Waals surface area contributed by atoms with Crippen LogP contribution in [-0.2, 0) is 4.57 Å². The summed E-state index contributed by atoms with van der Waals surface area (Å²) in [5, 5.41) is 0. The Morgan fingerprint density at radius 2 is 2.22 bits per heavy atom. The highest BCUT2D eigenvalue weighted by atomic mass is 31.1. The standard InChI is InChI=1S/C5H10N2OP/c1-6-4-3-5-7(2)9(6)8/h3-4H,5H2,1-2H3/q+1. The third-order valence-electron chi connectivity index (χ3n) is 1.25. The molecular weight excluding hydrogens is 135 g/mol. The van der Waals surface area contributed by atoms with Gasteiger partial charge in [-0.3, -0.25) is 0 Å². The minimum Gasteiger partial charge on any atom is -0.160 e. The number of rotatable bonds is 0. The zero-order valence-corrected chi connectivity index (χ0v) is 6.51. The van der Waals surface area contributed by atoms with Crippen LogP contribution in [0.3, 0.4) is 0 Å². The van der Waals surface area contributed by atoms with Crippen LogP contribution in [0.5, 0.6) is 0 Å². The van der Waals surface area contributed by atoms with Crippen LogP contribution in [0.15, 0.2) is 12.3 Å². The van der Waals surface area contributed by atoms with Gasteiger partial charge < -0.3 is 0 Å². The molecule has 0 radical (unpaired) electrons. The number of hydrogen-bond donors (Lipinski definition) is 0. The van der Waals surface area contributed by atoms with E-state index in [2.05, 4.69) is 0 Å². The van der Waals surface area contributed by atoms with Crippen molar-refractivity contribution in [2.75, 3.05) is 20.6 Å². The van der Waals surface area contributed by atoms with Crippen LogP contribution in [0.4, 0.5) is 0 Å². The first-order chi connectivity index (χ1) is 4.22. The van der Waals surface area contributed by atoms with Gasteiger partial charge in [0.25, 0.3) is 0 Å². The first-order valence-electron chi connectivity index (χ1n) is 2.79. The van der Waals surface area contributed by atoms with Crippen LogP contribution in [-0.4, -0.2) is 30.0 Å². The van der Waals surface area contributed by atoms with E-state index in [4.69, 9.17) is 0 Å². The van der Waals surface area contributed by atoms with Crippen molar-refractivity contribution in [2.24, 2.45) is 0 Å². The molecule has 9 heavy (non-hydrogen) atoms. The first-order valence-corrected chi connectivity index (χ1v) is 3.96. The molecule has 0 saturated heterocycles. The molecule has 0 fully saturated rings. The highest BCUT2D eigenvalue weighted by Gasteiger charge is 2.29. The molecule has 1 atom stereocenters. The molecule has 0 saturated carbocycles. The van der Waals surface area contributed by atoms with E-state index >= 15 is 0 Å². The molecule has 0 aromatic carbocycles. The summed E-state index contributed by atoms with van der Waals surface area (Å²) in [6.45, 7) is 0.791. The summed E-state index contributed by atoms with van der Waals surface area (Å²) in [4.78, 5) is 0. The monoisotopic (exact) mass is 145 g/mol. The number of nitrogens with zero attached hydrogens (tertiary/aromatic N) is 2. The molecule has 1 rings (SSSR count). The molecular formula is C5H10N2OP+. The van der Waals surface area contributed by atoms with Gasteiger partial charge in [0.05, 0.1) is 13.6 Å². The Balaban J connectivity index is 2.69. The van der Waals surface area contributed by atoms with Crippen molar-refractivity contribution in [1.29, 1.82) is 0 Å². The van der Waals surface area contributed by atoms with Crippen molar-refractivity contribution >= 4 is 8.10 Å². The average molecular weight is 145 g/mol. The Labute approximate surface area is 55.8 Å². The fourth-order valence-corrected chi connectivity index (χ4v) is 1.64. The molecule has 0 amide bonds. The molecule has 0 aromatic heterocycles. The van der Waals surface area contributed by atoms with Gasteiger partial charge in [0.2, 0.25) is 0 Å². The third-order valence-corrected chi connectivity index (χ3v) is 2.67. The van der Waals surface area contributed by atoms with E-state index in [1.165, 1.54) is 0 Å². The van der Waals surface area contributed by atoms with Crippen LogP contribution < -0.4 is 0 Å². The fourth-order valence-electron chi connectivity index (χ4n) is 0.720.